The van der Waals surface area contributed by atoms with E-state index in [1.54, 1.807) is 0 Å². The zero-order valence-corrected chi connectivity index (χ0v) is 10.6. The second-order valence-corrected chi connectivity index (χ2v) is 6.52. The van der Waals surface area contributed by atoms with Crippen LogP contribution in [0.3, 0.4) is 0 Å². The summed E-state index contributed by atoms with van der Waals surface area (Å²) < 4.78 is 25.2. The molecule has 0 amide bonds. The largest absolute Gasteiger partial charge is 0.392 e. The average Bonchev–Trinajstić information content (AvgIpc) is 2.84. The van der Waals surface area contributed by atoms with Crippen LogP contribution in [0.4, 0.5) is 0 Å². The first kappa shape index (κ1) is 12.9. The van der Waals surface area contributed by atoms with Crippen molar-refractivity contribution in [3.8, 4) is 0 Å². The van der Waals surface area contributed by atoms with E-state index in [0.717, 1.165) is 19.3 Å². The summed E-state index contributed by atoms with van der Waals surface area (Å²) in [6.45, 7) is 3.18. The van der Waals surface area contributed by atoms with Gasteiger partial charge in [0.1, 0.15) is 5.75 Å². The Hall–Kier alpha value is -0.200. The molecule has 0 spiro atoms. The number of thiocarbonyl (C=S) groups is 1. The van der Waals surface area contributed by atoms with Gasteiger partial charge in [0.25, 0.3) is 0 Å². The summed E-state index contributed by atoms with van der Waals surface area (Å²) in [6.07, 6.45) is 3.11. The van der Waals surface area contributed by atoms with Crippen LogP contribution in [-0.4, -0.2) is 36.6 Å². The Labute approximate surface area is 96.9 Å². The fourth-order valence-corrected chi connectivity index (χ4v) is 3.34. The van der Waals surface area contributed by atoms with Crippen LogP contribution >= 0.6 is 12.2 Å². The fraction of sp³-hybridized carbons (Fsp3) is 0.889. The lowest BCUT2D eigenvalue weighted by Crippen LogP contribution is -2.38. The quantitative estimate of drug-likeness (QED) is 0.676. The van der Waals surface area contributed by atoms with E-state index in [4.69, 9.17) is 5.73 Å². The lowest BCUT2D eigenvalue weighted by atomic mass is 10.4. The molecule has 0 atom stereocenters. The number of sulfonamides is 1. The van der Waals surface area contributed by atoms with Gasteiger partial charge in [-0.15, -0.1) is 0 Å². The van der Waals surface area contributed by atoms with Crippen molar-refractivity contribution in [2.45, 2.75) is 26.2 Å². The average molecular weight is 250 g/mol. The SMILES string of the molecule is CCCN(CC1CC1)S(=O)(=O)CC(N)=S. The normalized spacial score (nSPS) is 16.9. The first-order chi connectivity index (χ1) is 6.95. The maximum Gasteiger partial charge on any atom is 0.220 e. The number of hydrogen-bond donors (Lipinski definition) is 1. The Kier molecular flexibility index (Phi) is 4.48. The third-order valence-corrected chi connectivity index (χ3v) is 4.47. The minimum atomic E-state index is -3.27. The zero-order valence-electron chi connectivity index (χ0n) is 8.98. The van der Waals surface area contributed by atoms with Crippen molar-refractivity contribution in [1.82, 2.24) is 4.31 Å². The van der Waals surface area contributed by atoms with Crippen LogP contribution in [0.5, 0.6) is 0 Å². The van der Waals surface area contributed by atoms with E-state index in [9.17, 15) is 8.42 Å². The first-order valence-electron chi connectivity index (χ1n) is 5.22. The Bertz CT molecular complexity index is 323. The van der Waals surface area contributed by atoms with Gasteiger partial charge in [0.15, 0.2) is 0 Å². The molecule has 1 aliphatic rings. The molecule has 0 aromatic heterocycles. The molecule has 1 rings (SSSR count). The standard InChI is InChI=1S/C9H18N2O2S2/c1-2-5-11(6-8-3-4-8)15(12,13)7-9(10)14/h8H,2-7H2,1H3,(H2,10,14). The summed E-state index contributed by atoms with van der Waals surface area (Å²) in [4.78, 5) is 0.0481. The summed E-state index contributed by atoms with van der Waals surface area (Å²) in [5, 5.41) is 0. The van der Waals surface area contributed by atoms with Crippen LogP contribution < -0.4 is 5.73 Å². The topological polar surface area (TPSA) is 63.4 Å². The molecule has 6 heteroatoms. The van der Waals surface area contributed by atoms with Crippen molar-refractivity contribution >= 4 is 27.2 Å². The van der Waals surface area contributed by atoms with Crippen LogP contribution in [0.2, 0.25) is 0 Å². The molecule has 0 bridgehead atoms. The van der Waals surface area contributed by atoms with Gasteiger partial charge in [0.05, 0.1) is 4.99 Å². The first-order valence-corrected chi connectivity index (χ1v) is 7.23. The van der Waals surface area contributed by atoms with E-state index in [-0.39, 0.29) is 10.7 Å². The van der Waals surface area contributed by atoms with Gasteiger partial charge >= 0.3 is 0 Å². The maximum absolute atomic E-state index is 11.9. The van der Waals surface area contributed by atoms with E-state index >= 15 is 0 Å². The molecule has 0 aromatic carbocycles. The van der Waals surface area contributed by atoms with Crippen molar-refractivity contribution in [3.63, 3.8) is 0 Å². The second-order valence-electron chi connectivity index (χ2n) is 4.02. The van der Waals surface area contributed by atoms with Gasteiger partial charge in [-0.25, -0.2) is 12.7 Å². The van der Waals surface area contributed by atoms with Gasteiger partial charge in [-0.05, 0) is 25.2 Å². The van der Waals surface area contributed by atoms with Crippen LogP contribution in [0.15, 0.2) is 0 Å². The Balaban J connectivity index is 2.62. The van der Waals surface area contributed by atoms with Gasteiger partial charge in [0, 0.05) is 13.1 Å². The molecular formula is C9H18N2O2S2. The third-order valence-electron chi connectivity index (χ3n) is 2.35. The maximum atomic E-state index is 11.9. The molecule has 1 fully saturated rings. The van der Waals surface area contributed by atoms with Gasteiger partial charge in [-0.3, -0.25) is 0 Å². The smallest absolute Gasteiger partial charge is 0.220 e. The van der Waals surface area contributed by atoms with E-state index in [1.165, 1.54) is 4.31 Å². The van der Waals surface area contributed by atoms with Crippen LogP contribution in [0.1, 0.15) is 26.2 Å². The molecule has 88 valence electrons. The third kappa shape index (κ3) is 4.44. The van der Waals surface area contributed by atoms with Crippen LogP contribution in [0.25, 0.3) is 0 Å². The predicted octanol–water partition coefficient (Wildman–Crippen LogP) is 0.724. The van der Waals surface area contributed by atoms with Crippen molar-refractivity contribution in [2.75, 3.05) is 18.8 Å². The van der Waals surface area contributed by atoms with Crippen LogP contribution in [-0.2, 0) is 10.0 Å². The highest BCUT2D eigenvalue weighted by atomic mass is 32.2. The highest BCUT2D eigenvalue weighted by Crippen LogP contribution is 2.30. The zero-order chi connectivity index (χ0) is 11.5. The van der Waals surface area contributed by atoms with Gasteiger partial charge in [0.2, 0.25) is 10.0 Å². The lowest BCUT2D eigenvalue weighted by molar-refractivity contribution is 0.398. The molecule has 0 unspecified atom stereocenters. The predicted molar refractivity (Wildman–Crippen MR) is 65.2 cm³/mol. The molecular weight excluding hydrogens is 232 g/mol. The fourth-order valence-electron chi connectivity index (χ4n) is 1.45. The molecule has 1 aliphatic carbocycles. The Morgan fingerprint density at radius 2 is 2.13 bits per heavy atom. The van der Waals surface area contributed by atoms with Crippen LogP contribution in [0, 0.1) is 5.92 Å². The summed E-state index contributed by atoms with van der Waals surface area (Å²) in [5.74, 6) is 0.354. The van der Waals surface area contributed by atoms with Crippen molar-refractivity contribution in [2.24, 2.45) is 11.7 Å². The monoisotopic (exact) mass is 250 g/mol. The Morgan fingerprint density at radius 3 is 2.53 bits per heavy atom. The van der Waals surface area contributed by atoms with Gasteiger partial charge in [-0.1, -0.05) is 19.1 Å². The molecule has 0 radical (unpaired) electrons. The molecule has 0 aliphatic heterocycles. The minimum Gasteiger partial charge on any atom is -0.392 e. The molecule has 4 nitrogen and oxygen atoms in total. The van der Waals surface area contributed by atoms with Crippen molar-refractivity contribution in [1.29, 1.82) is 0 Å². The summed E-state index contributed by atoms with van der Waals surface area (Å²) >= 11 is 4.65. The molecule has 1 saturated carbocycles. The van der Waals surface area contributed by atoms with E-state index in [0.29, 0.717) is 19.0 Å². The number of rotatable bonds is 7. The van der Waals surface area contributed by atoms with Crippen molar-refractivity contribution in [3.05, 3.63) is 0 Å². The van der Waals surface area contributed by atoms with E-state index in [2.05, 4.69) is 12.2 Å². The Morgan fingerprint density at radius 1 is 1.53 bits per heavy atom. The number of nitrogens with two attached hydrogens (primary N) is 1. The molecule has 0 aromatic rings. The highest BCUT2D eigenvalue weighted by Gasteiger charge is 2.30. The summed E-state index contributed by atoms with van der Waals surface area (Å²) in [5.41, 5.74) is 5.28. The van der Waals surface area contributed by atoms with Gasteiger partial charge in [-0.2, -0.15) is 0 Å². The summed E-state index contributed by atoms with van der Waals surface area (Å²) in [7, 11) is -3.27. The lowest BCUT2D eigenvalue weighted by Gasteiger charge is -2.20. The summed E-state index contributed by atoms with van der Waals surface area (Å²) in [6, 6.07) is 0. The number of nitrogens with zero attached hydrogens (tertiary/aromatic N) is 1. The molecule has 0 heterocycles. The minimum absolute atomic E-state index is 0.0481. The highest BCUT2D eigenvalue weighted by molar-refractivity contribution is 7.92. The van der Waals surface area contributed by atoms with E-state index in [1.807, 2.05) is 6.92 Å². The molecule has 15 heavy (non-hydrogen) atoms. The molecule has 0 saturated heterocycles. The van der Waals surface area contributed by atoms with Gasteiger partial charge < -0.3 is 5.73 Å². The number of hydrogen-bond acceptors (Lipinski definition) is 3. The van der Waals surface area contributed by atoms with Crippen molar-refractivity contribution < 1.29 is 8.42 Å². The van der Waals surface area contributed by atoms with E-state index < -0.39 is 10.0 Å². The molecule has 2 N–H and O–H groups in total. The second kappa shape index (κ2) is 5.23.